The van der Waals surface area contributed by atoms with Crippen LogP contribution in [-0.2, 0) is 28.5 Å². The lowest BCUT2D eigenvalue weighted by atomic mass is 9.93. The molecule has 2 rings (SSSR count). The molecule has 0 aromatic heterocycles. The molecule has 2 heterocycles. The lowest BCUT2D eigenvalue weighted by Crippen LogP contribution is -2.42. The summed E-state index contributed by atoms with van der Waals surface area (Å²) in [4.78, 5) is 41.9. The van der Waals surface area contributed by atoms with Gasteiger partial charge in [0.1, 0.15) is 37.3 Å². The lowest BCUT2D eigenvalue weighted by molar-refractivity contribution is -0.159. The van der Waals surface area contributed by atoms with Crippen LogP contribution in [0.5, 0.6) is 0 Å². The highest BCUT2D eigenvalue weighted by molar-refractivity contribution is 6.64. The second-order valence-corrected chi connectivity index (χ2v) is 5.70. The van der Waals surface area contributed by atoms with Crippen molar-refractivity contribution in [3.8, 4) is 0 Å². The molecule has 138 valence electrons. The Bertz CT molecular complexity index is 450. The number of rotatable bonds is 2. The third-order valence-electron chi connectivity index (χ3n) is 3.03. The smallest absolute Gasteiger partial charge is 0.481 e. The van der Waals surface area contributed by atoms with E-state index in [-0.39, 0.29) is 26.4 Å². The van der Waals surface area contributed by atoms with Crippen molar-refractivity contribution in [2.24, 2.45) is 10.8 Å². The number of carboxylic acids is 1. The van der Waals surface area contributed by atoms with E-state index in [0.29, 0.717) is 0 Å². The number of aliphatic carboxylic acids is 1. The largest absolute Gasteiger partial charge is 0.508 e. The lowest BCUT2D eigenvalue weighted by Gasteiger charge is -2.28. The SMILES string of the molecule is CC1(C(=O)Cl)COC(=O)OC1.CC1(C(=O)O)COC(=O)OC1.[2H]CF. The minimum Gasteiger partial charge on any atom is -0.481 e. The van der Waals surface area contributed by atoms with Crippen LogP contribution in [0, 0.1) is 10.8 Å². The zero-order chi connectivity index (χ0) is 19.7. The summed E-state index contributed by atoms with van der Waals surface area (Å²) in [6.45, 7) is 2.78. The maximum Gasteiger partial charge on any atom is 0.508 e. The number of hydrogen-bond donors (Lipinski definition) is 1. The maximum absolute atomic E-state index is 10.7. The molecule has 9 nitrogen and oxygen atoms in total. The predicted molar refractivity (Wildman–Crippen MR) is 76.3 cm³/mol. The molecule has 0 bridgehead atoms. The van der Waals surface area contributed by atoms with Gasteiger partial charge in [-0.05, 0) is 25.4 Å². The normalized spacial score (nSPS) is 20.8. The third kappa shape index (κ3) is 6.19. The zero-order valence-corrected chi connectivity index (χ0v) is 13.8. The molecule has 0 aromatic carbocycles. The first-order chi connectivity index (χ1) is 11.5. The molecule has 24 heavy (non-hydrogen) atoms. The average Bonchev–Trinajstić information content (AvgIpc) is 2.54. The molecule has 0 aliphatic carbocycles. The highest BCUT2D eigenvalue weighted by Gasteiger charge is 2.40. The standard InChI is InChI=1S/C6H7ClO4.C6H8O5.CH3F/c2*1-6(4(7)8)2-10-5(9)11-3-6;1-2/h2-3H2,1H3;2-3H2,1H3,(H,7,8);1H3/i;;1D. The Hall–Kier alpha value is -2.10. The van der Waals surface area contributed by atoms with Crippen LogP contribution < -0.4 is 0 Å². The van der Waals surface area contributed by atoms with E-state index in [1.807, 2.05) is 0 Å². The van der Waals surface area contributed by atoms with Crippen LogP contribution in [0.3, 0.4) is 0 Å². The summed E-state index contributed by atoms with van der Waals surface area (Å²) >= 11 is 5.24. The van der Waals surface area contributed by atoms with E-state index in [0.717, 1.165) is 0 Å². The Balaban J connectivity index is 0.000000399. The Labute approximate surface area is 143 Å². The quantitative estimate of drug-likeness (QED) is 0.569. The second kappa shape index (κ2) is 9.26. The van der Waals surface area contributed by atoms with Crippen LogP contribution in [-0.4, -0.2) is 62.2 Å². The van der Waals surface area contributed by atoms with Crippen LogP contribution in [0.25, 0.3) is 0 Å². The van der Waals surface area contributed by atoms with Gasteiger partial charge in [-0.2, -0.15) is 0 Å². The molecule has 2 fully saturated rings. The molecule has 0 unspecified atom stereocenters. The van der Waals surface area contributed by atoms with Gasteiger partial charge in [0.25, 0.3) is 0 Å². The van der Waals surface area contributed by atoms with Crippen LogP contribution in [0.2, 0.25) is 0 Å². The van der Waals surface area contributed by atoms with E-state index >= 15 is 0 Å². The van der Waals surface area contributed by atoms with Crippen molar-refractivity contribution >= 4 is 35.1 Å². The van der Waals surface area contributed by atoms with Gasteiger partial charge in [-0.1, -0.05) is 0 Å². The number of carboxylic acid groups (broad SMARTS) is 1. The van der Waals surface area contributed by atoms with Crippen LogP contribution in [0.15, 0.2) is 0 Å². The monoisotopic (exact) mass is 373 g/mol. The van der Waals surface area contributed by atoms with Crippen LogP contribution in [0.4, 0.5) is 14.0 Å². The van der Waals surface area contributed by atoms with E-state index in [2.05, 4.69) is 18.9 Å². The number of cyclic esters (lactones) is 4. The molecular weight excluding hydrogens is 355 g/mol. The van der Waals surface area contributed by atoms with Crippen LogP contribution >= 0.6 is 11.6 Å². The van der Waals surface area contributed by atoms with E-state index in [4.69, 9.17) is 18.1 Å². The molecule has 1 N–H and O–H groups in total. The minimum absolute atomic E-state index is 0.00579. The molecule has 0 aromatic rings. The van der Waals surface area contributed by atoms with Crippen molar-refractivity contribution in [1.29, 1.82) is 0 Å². The van der Waals surface area contributed by atoms with Gasteiger partial charge in [-0.15, -0.1) is 0 Å². The highest BCUT2D eigenvalue weighted by Crippen LogP contribution is 2.24. The summed E-state index contributed by atoms with van der Waals surface area (Å²) in [7, 11) is -1.00. The van der Waals surface area contributed by atoms with Gasteiger partial charge in [-0.3, -0.25) is 14.0 Å². The summed E-state index contributed by atoms with van der Waals surface area (Å²) in [5.74, 6) is -1.02. The summed E-state index contributed by atoms with van der Waals surface area (Å²) in [6, 6.07) is 0. The van der Waals surface area contributed by atoms with Gasteiger partial charge in [0.15, 0.2) is 0 Å². The van der Waals surface area contributed by atoms with Crippen molar-refractivity contribution < 1.29 is 49.0 Å². The molecule has 2 aliphatic heterocycles. The van der Waals surface area contributed by atoms with Gasteiger partial charge in [0, 0.05) is 0 Å². The first-order valence-electron chi connectivity index (χ1n) is 7.09. The van der Waals surface area contributed by atoms with E-state index < -0.39 is 41.5 Å². The minimum atomic E-state index is -1.09. The zero-order valence-electron chi connectivity index (χ0n) is 14.0. The molecule has 0 radical (unpaired) electrons. The van der Waals surface area contributed by atoms with Crippen LogP contribution in [0.1, 0.15) is 15.2 Å². The molecule has 2 saturated heterocycles. The average molecular weight is 374 g/mol. The number of alkyl halides is 1. The Kier molecular flexibility index (Phi) is 7.69. The molecule has 2 aliphatic rings. The van der Waals surface area contributed by atoms with Gasteiger partial charge in [0.05, 0.1) is 8.52 Å². The third-order valence-corrected chi connectivity index (χ3v) is 3.48. The summed E-state index contributed by atoms with van der Waals surface area (Å²) < 4.78 is 33.3. The molecular formula is C13H18ClFO9. The fourth-order valence-corrected chi connectivity index (χ4v) is 1.39. The topological polar surface area (TPSA) is 125 Å². The van der Waals surface area contributed by atoms with Crippen molar-refractivity contribution in [2.45, 2.75) is 13.8 Å². The molecule has 0 atom stereocenters. The second-order valence-electron chi connectivity index (χ2n) is 5.35. The van der Waals surface area contributed by atoms with Gasteiger partial charge < -0.3 is 24.1 Å². The molecule has 0 amide bonds. The summed E-state index contributed by atoms with van der Waals surface area (Å²) in [6.07, 6.45) is -1.55. The Morgan fingerprint density at radius 2 is 1.33 bits per heavy atom. The Morgan fingerprint density at radius 3 is 1.58 bits per heavy atom. The fraction of sp³-hybridized carbons (Fsp3) is 0.692. The number of hydrogen-bond acceptors (Lipinski definition) is 8. The van der Waals surface area contributed by atoms with Crippen molar-refractivity contribution in [3.05, 3.63) is 0 Å². The van der Waals surface area contributed by atoms with Crippen molar-refractivity contribution in [2.75, 3.05) is 33.6 Å². The number of carbonyl (C=O) groups excluding carboxylic acids is 3. The maximum atomic E-state index is 10.7. The molecule has 0 saturated carbocycles. The summed E-state index contributed by atoms with van der Waals surface area (Å²) in [5.41, 5.74) is -1.97. The highest BCUT2D eigenvalue weighted by atomic mass is 35.5. The van der Waals surface area contributed by atoms with Gasteiger partial charge in [0.2, 0.25) is 5.24 Å². The number of carbonyl (C=O) groups is 4. The van der Waals surface area contributed by atoms with Gasteiger partial charge >= 0.3 is 18.3 Å². The first kappa shape index (κ1) is 19.9. The van der Waals surface area contributed by atoms with Crippen molar-refractivity contribution in [3.63, 3.8) is 0 Å². The number of halogens is 2. The number of ether oxygens (including phenoxy) is 4. The molecule has 0 spiro atoms. The van der Waals surface area contributed by atoms with Crippen molar-refractivity contribution in [1.82, 2.24) is 0 Å². The summed E-state index contributed by atoms with van der Waals surface area (Å²) in [5, 5.41) is 8.06. The predicted octanol–water partition coefficient (Wildman–Crippen LogP) is 1.75. The van der Waals surface area contributed by atoms with E-state index in [9.17, 15) is 23.6 Å². The van der Waals surface area contributed by atoms with Gasteiger partial charge in [-0.25, -0.2) is 9.59 Å². The first-order valence-corrected chi connectivity index (χ1v) is 6.76. The van der Waals surface area contributed by atoms with E-state index in [1.165, 1.54) is 6.92 Å². The Morgan fingerprint density at radius 1 is 1.04 bits per heavy atom. The van der Waals surface area contributed by atoms with E-state index in [1.54, 1.807) is 6.92 Å². The molecule has 11 heteroatoms. The fourth-order valence-electron chi connectivity index (χ4n) is 1.28.